The van der Waals surface area contributed by atoms with Crippen molar-refractivity contribution in [2.24, 2.45) is 5.92 Å². The zero-order valence-corrected chi connectivity index (χ0v) is 20.8. The van der Waals surface area contributed by atoms with Gasteiger partial charge in [0, 0.05) is 26.6 Å². The molecule has 1 N–H and O–H groups in total. The Morgan fingerprint density at radius 3 is 2.26 bits per heavy atom. The molecule has 2 aliphatic rings. The summed E-state index contributed by atoms with van der Waals surface area (Å²) in [6, 6.07) is 18.5. The number of hydrazine groups is 1. The minimum atomic E-state index is -0.645. The summed E-state index contributed by atoms with van der Waals surface area (Å²) in [6.07, 6.45) is 0.722. The van der Waals surface area contributed by atoms with Crippen molar-refractivity contribution < 1.29 is 14.4 Å². The van der Waals surface area contributed by atoms with Gasteiger partial charge in [-0.1, -0.05) is 74.5 Å². The number of fused-ring (bicyclic) bond motifs is 1. The van der Waals surface area contributed by atoms with Gasteiger partial charge >= 0.3 is 6.03 Å². The molecule has 8 heteroatoms. The first-order valence-corrected chi connectivity index (χ1v) is 12.3. The van der Waals surface area contributed by atoms with Gasteiger partial charge in [-0.25, -0.2) is 14.8 Å². The zero-order chi connectivity index (χ0) is 24.9. The first kappa shape index (κ1) is 24.7. The van der Waals surface area contributed by atoms with Crippen molar-refractivity contribution in [3.05, 3.63) is 71.8 Å². The Hall–Kier alpha value is -3.39. The van der Waals surface area contributed by atoms with Crippen LogP contribution < -0.4 is 5.32 Å². The van der Waals surface area contributed by atoms with Gasteiger partial charge in [-0.15, -0.1) is 0 Å². The van der Waals surface area contributed by atoms with E-state index < -0.39 is 12.2 Å². The largest absolute Gasteiger partial charge is 0.337 e. The van der Waals surface area contributed by atoms with E-state index in [1.807, 2.05) is 65.6 Å². The quantitative estimate of drug-likeness (QED) is 0.665. The lowest BCUT2D eigenvalue weighted by molar-refractivity contribution is -0.187. The summed E-state index contributed by atoms with van der Waals surface area (Å²) < 4.78 is 0. The maximum atomic E-state index is 13.6. The second kappa shape index (κ2) is 10.9. The van der Waals surface area contributed by atoms with E-state index in [1.165, 1.54) is 0 Å². The number of rotatable bonds is 7. The second-order valence-electron chi connectivity index (χ2n) is 9.76. The third kappa shape index (κ3) is 5.65. The average molecular weight is 478 g/mol. The predicted molar refractivity (Wildman–Crippen MR) is 134 cm³/mol. The highest BCUT2D eigenvalue weighted by Crippen LogP contribution is 2.28. The van der Waals surface area contributed by atoms with E-state index >= 15 is 0 Å². The molecule has 4 amide bonds. The van der Waals surface area contributed by atoms with E-state index in [1.54, 1.807) is 22.0 Å². The van der Waals surface area contributed by atoms with Crippen molar-refractivity contribution in [3.8, 4) is 0 Å². The summed E-state index contributed by atoms with van der Waals surface area (Å²) in [5.74, 6) is 0.255. The molecule has 0 unspecified atom stereocenters. The van der Waals surface area contributed by atoms with E-state index in [9.17, 15) is 14.4 Å². The van der Waals surface area contributed by atoms with Crippen molar-refractivity contribution in [1.82, 2.24) is 25.1 Å². The van der Waals surface area contributed by atoms with Crippen molar-refractivity contribution in [2.75, 3.05) is 26.7 Å². The van der Waals surface area contributed by atoms with Gasteiger partial charge in [0.05, 0.1) is 13.1 Å². The fourth-order valence-electron chi connectivity index (χ4n) is 4.81. The van der Waals surface area contributed by atoms with Crippen molar-refractivity contribution in [1.29, 1.82) is 0 Å². The maximum Gasteiger partial charge on any atom is 0.334 e. The minimum absolute atomic E-state index is 0.0415. The first-order valence-electron chi connectivity index (χ1n) is 12.3. The van der Waals surface area contributed by atoms with Crippen LogP contribution in [0.15, 0.2) is 60.7 Å². The maximum absolute atomic E-state index is 13.6. The SMILES string of the molecule is CC(C)CCN1C[C@H]2N(C(=O)CN(C)N2C(=O)NCc2ccccc2)[C@@H](Cc2ccccc2)C1=O. The number of amides is 4. The van der Waals surface area contributed by atoms with Crippen LogP contribution in [0.1, 0.15) is 31.4 Å². The van der Waals surface area contributed by atoms with Crippen LogP contribution in [0, 0.1) is 5.92 Å². The van der Waals surface area contributed by atoms with Crippen LogP contribution in [0.4, 0.5) is 4.79 Å². The van der Waals surface area contributed by atoms with Crippen molar-refractivity contribution in [3.63, 3.8) is 0 Å². The third-order valence-electron chi connectivity index (χ3n) is 6.68. The Bertz CT molecular complexity index is 1030. The molecule has 2 heterocycles. The lowest BCUT2D eigenvalue weighted by atomic mass is 9.98. The fourth-order valence-corrected chi connectivity index (χ4v) is 4.81. The van der Waals surface area contributed by atoms with Gasteiger partial charge in [-0.3, -0.25) is 9.59 Å². The number of benzene rings is 2. The van der Waals surface area contributed by atoms with Crippen LogP contribution >= 0.6 is 0 Å². The van der Waals surface area contributed by atoms with Gasteiger partial charge in [0.15, 0.2) is 0 Å². The van der Waals surface area contributed by atoms with Crippen LogP contribution in [0.3, 0.4) is 0 Å². The monoisotopic (exact) mass is 477 g/mol. The van der Waals surface area contributed by atoms with Gasteiger partial charge in [0.25, 0.3) is 0 Å². The molecule has 8 nitrogen and oxygen atoms in total. The van der Waals surface area contributed by atoms with Crippen LogP contribution in [0.2, 0.25) is 0 Å². The van der Waals surface area contributed by atoms with Gasteiger partial charge in [0.2, 0.25) is 11.8 Å². The summed E-state index contributed by atoms with van der Waals surface area (Å²) in [5.41, 5.74) is 1.98. The summed E-state index contributed by atoms with van der Waals surface area (Å²) in [7, 11) is 1.75. The molecule has 0 radical (unpaired) electrons. The predicted octanol–water partition coefficient (Wildman–Crippen LogP) is 2.71. The third-order valence-corrected chi connectivity index (χ3v) is 6.68. The molecule has 2 aromatic rings. The van der Waals surface area contributed by atoms with Gasteiger partial charge < -0.3 is 15.1 Å². The smallest absolute Gasteiger partial charge is 0.334 e. The van der Waals surface area contributed by atoms with E-state index in [-0.39, 0.29) is 24.4 Å². The highest BCUT2D eigenvalue weighted by Gasteiger charge is 2.50. The lowest BCUT2D eigenvalue weighted by Gasteiger charge is -2.54. The number of piperazine rings is 1. The van der Waals surface area contributed by atoms with Crippen LogP contribution in [-0.2, 0) is 22.6 Å². The van der Waals surface area contributed by atoms with Crippen LogP contribution in [0.5, 0.6) is 0 Å². The molecule has 4 rings (SSSR count). The first-order chi connectivity index (χ1) is 16.8. The molecule has 186 valence electrons. The number of carbonyl (C=O) groups is 3. The number of urea groups is 1. The molecule has 0 bridgehead atoms. The number of likely N-dealkylation sites (N-methyl/N-ethyl adjacent to an activating group) is 1. The van der Waals surface area contributed by atoms with E-state index in [0.29, 0.717) is 32.0 Å². The van der Waals surface area contributed by atoms with Gasteiger partial charge in [0.1, 0.15) is 12.2 Å². The molecule has 0 saturated carbocycles. The van der Waals surface area contributed by atoms with E-state index in [0.717, 1.165) is 17.5 Å². The Labute approximate surface area is 207 Å². The molecule has 2 saturated heterocycles. The Balaban J connectivity index is 1.61. The van der Waals surface area contributed by atoms with Crippen LogP contribution in [-0.4, -0.2) is 76.6 Å². The van der Waals surface area contributed by atoms with Crippen molar-refractivity contribution in [2.45, 2.75) is 45.4 Å². The number of nitrogens with one attached hydrogen (secondary N) is 1. The second-order valence-corrected chi connectivity index (χ2v) is 9.76. The fraction of sp³-hybridized carbons (Fsp3) is 0.444. The van der Waals surface area contributed by atoms with Crippen molar-refractivity contribution >= 4 is 17.8 Å². The highest BCUT2D eigenvalue weighted by atomic mass is 16.2. The standard InChI is InChI=1S/C27H35N5O3/c1-20(2)14-15-30-18-24-31(23(26(30)34)16-21-10-6-4-7-11-21)25(33)19-29(3)32(24)27(35)28-17-22-12-8-5-9-13-22/h4-13,20,23-24H,14-19H2,1-3H3,(H,28,35)/t23-,24-/m0/s1. The van der Waals surface area contributed by atoms with E-state index in [2.05, 4.69) is 19.2 Å². The molecule has 2 atom stereocenters. The molecular formula is C27H35N5O3. The Morgan fingerprint density at radius 1 is 1.00 bits per heavy atom. The Kier molecular flexibility index (Phi) is 7.70. The molecule has 2 aromatic carbocycles. The minimum Gasteiger partial charge on any atom is -0.337 e. The molecule has 0 aliphatic carbocycles. The summed E-state index contributed by atoms with van der Waals surface area (Å²) >= 11 is 0. The molecule has 0 aromatic heterocycles. The topological polar surface area (TPSA) is 76.2 Å². The van der Waals surface area contributed by atoms with Crippen LogP contribution in [0.25, 0.3) is 0 Å². The zero-order valence-electron chi connectivity index (χ0n) is 20.8. The molecule has 0 spiro atoms. The Morgan fingerprint density at radius 2 is 1.63 bits per heavy atom. The summed E-state index contributed by atoms with van der Waals surface area (Å²) in [5, 5.41) is 6.27. The number of hydrogen-bond donors (Lipinski definition) is 1. The molecule has 35 heavy (non-hydrogen) atoms. The summed E-state index contributed by atoms with van der Waals surface area (Å²) in [6.45, 7) is 5.58. The van der Waals surface area contributed by atoms with Gasteiger partial charge in [-0.2, -0.15) is 0 Å². The van der Waals surface area contributed by atoms with Gasteiger partial charge in [-0.05, 0) is 23.5 Å². The number of hydrogen-bond acceptors (Lipinski definition) is 4. The normalized spacial score (nSPS) is 20.9. The number of carbonyl (C=O) groups excluding carboxylic acids is 3. The average Bonchev–Trinajstić information content (AvgIpc) is 2.84. The molecular weight excluding hydrogens is 442 g/mol. The molecule has 2 aliphatic heterocycles. The number of nitrogens with zero attached hydrogens (tertiary/aromatic N) is 4. The molecule has 2 fully saturated rings. The lowest BCUT2D eigenvalue weighted by Crippen LogP contribution is -2.76. The summed E-state index contributed by atoms with van der Waals surface area (Å²) in [4.78, 5) is 43.7. The van der Waals surface area contributed by atoms with E-state index in [4.69, 9.17) is 0 Å². The highest BCUT2D eigenvalue weighted by molar-refractivity contribution is 5.91.